The van der Waals surface area contributed by atoms with Crippen LogP contribution in [0.1, 0.15) is 50.2 Å². The Balaban J connectivity index is 1.77. The van der Waals surface area contributed by atoms with E-state index in [1.807, 2.05) is 0 Å². The Labute approximate surface area is 123 Å². The molecule has 0 spiro atoms. The third-order valence-electron chi connectivity index (χ3n) is 4.43. The van der Waals surface area contributed by atoms with Crippen molar-refractivity contribution in [3.05, 3.63) is 29.3 Å². The van der Waals surface area contributed by atoms with E-state index in [0.29, 0.717) is 0 Å². The molecule has 1 N–H and O–H groups in total. The van der Waals surface area contributed by atoms with Crippen molar-refractivity contribution in [2.75, 3.05) is 18.0 Å². The molecule has 0 aromatic heterocycles. The highest BCUT2D eigenvalue weighted by Gasteiger charge is 2.34. The van der Waals surface area contributed by atoms with E-state index in [1.165, 1.54) is 55.5 Å². The van der Waals surface area contributed by atoms with E-state index >= 15 is 0 Å². The fourth-order valence-corrected chi connectivity index (χ4v) is 2.94. The van der Waals surface area contributed by atoms with Gasteiger partial charge in [0.05, 0.1) is 0 Å². The molecule has 2 heteroatoms. The summed E-state index contributed by atoms with van der Waals surface area (Å²) < 4.78 is 0. The van der Waals surface area contributed by atoms with Crippen LogP contribution in [0.3, 0.4) is 0 Å². The molecule has 0 amide bonds. The molecular weight excluding hydrogens is 244 g/mol. The summed E-state index contributed by atoms with van der Waals surface area (Å²) in [5, 5.41) is 3.58. The van der Waals surface area contributed by atoms with Crippen LogP contribution >= 0.6 is 0 Å². The molecule has 2 nitrogen and oxygen atoms in total. The van der Waals surface area contributed by atoms with Gasteiger partial charge in [0, 0.05) is 24.8 Å². The summed E-state index contributed by atoms with van der Waals surface area (Å²) in [5.41, 5.74) is 4.36. The third kappa shape index (κ3) is 3.54. The highest BCUT2D eigenvalue weighted by molar-refractivity contribution is 5.57. The summed E-state index contributed by atoms with van der Waals surface area (Å²) >= 11 is 0. The summed E-state index contributed by atoms with van der Waals surface area (Å²) in [6, 6.07) is 7.84. The number of hydrogen-bond acceptors (Lipinski definition) is 2. The Morgan fingerprint density at radius 3 is 2.65 bits per heavy atom. The number of nitrogens with zero attached hydrogens (tertiary/aromatic N) is 1. The van der Waals surface area contributed by atoms with E-state index in [2.05, 4.69) is 42.3 Å². The fraction of sp³-hybridized carbons (Fsp3) is 0.667. The molecule has 110 valence electrons. The minimum Gasteiger partial charge on any atom is -0.368 e. The molecule has 0 aliphatic heterocycles. The zero-order chi connectivity index (χ0) is 13.9. The van der Waals surface area contributed by atoms with Gasteiger partial charge in [-0.3, -0.25) is 0 Å². The van der Waals surface area contributed by atoms with Gasteiger partial charge in [0.1, 0.15) is 0 Å². The molecule has 0 heterocycles. The van der Waals surface area contributed by atoms with Crippen LogP contribution in [0.4, 0.5) is 5.69 Å². The first kappa shape index (κ1) is 13.9. The monoisotopic (exact) mass is 272 g/mol. The first-order valence-corrected chi connectivity index (χ1v) is 8.35. The van der Waals surface area contributed by atoms with Gasteiger partial charge in [0.2, 0.25) is 0 Å². The summed E-state index contributed by atoms with van der Waals surface area (Å²) in [5.74, 6) is 0.966. The molecule has 2 saturated carbocycles. The lowest BCUT2D eigenvalue weighted by atomic mass is 10.1. The molecule has 0 atom stereocenters. The lowest BCUT2D eigenvalue weighted by molar-refractivity contribution is 0.665. The zero-order valence-electron chi connectivity index (χ0n) is 13.0. The fourth-order valence-electron chi connectivity index (χ4n) is 2.94. The lowest BCUT2D eigenvalue weighted by Gasteiger charge is -2.28. The summed E-state index contributed by atoms with van der Waals surface area (Å²) in [4.78, 5) is 2.71. The molecule has 0 bridgehead atoms. The molecule has 1 aromatic carbocycles. The van der Waals surface area contributed by atoms with Gasteiger partial charge < -0.3 is 10.2 Å². The predicted octanol–water partition coefficient (Wildman–Crippen LogP) is 3.87. The summed E-state index contributed by atoms with van der Waals surface area (Å²) in [7, 11) is 0. The molecule has 0 saturated heterocycles. The zero-order valence-corrected chi connectivity index (χ0v) is 13.0. The van der Waals surface area contributed by atoms with Crippen LogP contribution in [0.5, 0.6) is 0 Å². The molecule has 2 aliphatic carbocycles. The minimum absolute atomic E-state index is 0.822. The second-order valence-corrected chi connectivity index (χ2v) is 6.64. The first-order chi connectivity index (χ1) is 9.78. The number of anilines is 1. The van der Waals surface area contributed by atoms with Gasteiger partial charge >= 0.3 is 0 Å². The van der Waals surface area contributed by atoms with E-state index in [4.69, 9.17) is 0 Å². The highest BCUT2D eigenvalue weighted by Crippen LogP contribution is 2.39. The van der Waals surface area contributed by atoms with E-state index in [1.54, 1.807) is 0 Å². The second kappa shape index (κ2) is 6.17. The van der Waals surface area contributed by atoms with Crippen molar-refractivity contribution < 1.29 is 0 Å². The topological polar surface area (TPSA) is 15.3 Å². The van der Waals surface area contributed by atoms with Crippen LogP contribution in [-0.4, -0.2) is 19.1 Å². The molecule has 0 unspecified atom stereocenters. The largest absolute Gasteiger partial charge is 0.368 e. The van der Waals surface area contributed by atoms with Crippen molar-refractivity contribution in [2.24, 2.45) is 5.92 Å². The molecule has 2 aliphatic rings. The molecular formula is C18H28N2. The first-order valence-electron chi connectivity index (χ1n) is 8.35. The number of rotatable bonds is 8. The minimum atomic E-state index is 0.822. The van der Waals surface area contributed by atoms with Crippen LogP contribution < -0.4 is 10.2 Å². The maximum atomic E-state index is 3.58. The highest BCUT2D eigenvalue weighted by atomic mass is 15.2. The smallest absolute Gasteiger partial charge is 0.0414 e. The van der Waals surface area contributed by atoms with Gasteiger partial charge in [0.15, 0.2) is 0 Å². The Bertz CT molecular complexity index is 447. The van der Waals surface area contributed by atoms with Crippen molar-refractivity contribution in [1.29, 1.82) is 0 Å². The van der Waals surface area contributed by atoms with Crippen molar-refractivity contribution >= 4 is 5.69 Å². The normalized spacial score (nSPS) is 18.3. The Kier molecular flexibility index (Phi) is 4.30. The number of nitrogens with one attached hydrogen (secondary N) is 1. The maximum absolute atomic E-state index is 3.58. The van der Waals surface area contributed by atoms with Crippen molar-refractivity contribution in [1.82, 2.24) is 5.32 Å². The quantitative estimate of drug-likeness (QED) is 0.723. The average molecular weight is 272 g/mol. The Morgan fingerprint density at radius 1 is 1.20 bits per heavy atom. The summed E-state index contributed by atoms with van der Waals surface area (Å²) in [6.45, 7) is 7.84. The van der Waals surface area contributed by atoms with Gasteiger partial charge in [-0.05, 0) is 63.1 Å². The van der Waals surface area contributed by atoms with Gasteiger partial charge in [-0.25, -0.2) is 0 Å². The van der Waals surface area contributed by atoms with Gasteiger partial charge in [0.25, 0.3) is 0 Å². The Hall–Kier alpha value is -1.02. The molecule has 20 heavy (non-hydrogen) atoms. The van der Waals surface area contributed by atoms with Crippen LogP contribution in [0.25, 0.3) is 0 Å². The second-order valence-electron chi connectivity index (χ2n) is 6.64. The van der Waals surface area contributed by atoms with E-state index < -0.39 is 0 Å². The summed E-state index contributed by atoms with van der Waals surface area (Å²) in [6.07, 6.45) is 6.87. The van der Waals surface area contributed by atoms with Crippen LogP contribution in [0.2, 0.25) is 0 Å². The van der Waals surface area contributed by atoms with Crippen molar-refractivity contribution in [3.8, 4) is 0 Å². The van der Waals surface area contributed by atoms with E-state index in [0.717, 1.165) is 25.0 Å². The van der Waals surface area contributed by atoms with E-state index in [-0.39, 0.29) is 0 Å². The van der Waals surface area contributed by atoms with Gasteiger partial charge in [-0.1, -0.05) is 24.6 Å². The predicted molar refractivity (Wildman–Crippen MR) is 86.3 cm³/mol. The lowest BCUT2D eigenvalue weighted by Crippen LogP contribution is -2.30. The van der Waals surface area contributed by atoms with Gasteiger partial charge in [-0.2, -0.15) is 0 Å². The Morgan fingerprint density at radius 2 is 2.00 bits per heavy atom. The van der Waals surface area contributed by atoms with E-state index in [9.17, 15) is 0 Å². The average Bonchev–Trinajstić information content (AvgIpc) is 3.30. The van der Waals surface area contributed by atoms with Crippen LogP contribution in [0.15, 0.2) is 18.2 Å². The number of benzene rings is 1. The molecule has 0 radical (unpaired) electrons. The standard InChI is InChI=1S/C18H28N2/c1-3-10-19-12-16-11-14(2)4-9-18(16)20(17-7-8-17)13-15-5-6-15/h4,9,11,15,17,19H,3,5-8,10,12-13H2,1-2H3. The van der Waals surface area contributed by atoms with Crippen molar-refractivity contribution in [2.45, 2.75) is 58.5 Å². The maximum Gasteiger partial charge on any atom is 0.0414 e. The molecule has 3 rings (SSSR count). The third-order valence-corrected chi connectivity index (χ3v) is 4.43. The number of hydrogen-bond donors (Lipinski definition) is 1. The van der Waals surface area contributed by atoms with Gasteiger partial charge in [-0.15, -0.1) is 0 Å². The molecule has 2 fully saturated rings. The molecule has 1 aromatic rings. The van der Waals surface area contributed by atoms with Crippen LogP contribution in [-0.2, 0) is 6.54 Å². The van der Waals surface area contributed by atoms with Crippen molar-refractivity contribution in [3.63, 3.8) is 0 Å². The van der Waals surface area contributed by atoms with Crippen LogP contribution in [0, 0.1) is 12.8 Å². The number of aryl methyl sites for hydroxylation is 1. The SMILES string of the molecule is CCCNCc1cc(C)ccc1N(CC1CC1)C1CC1.